The molecule has 2 aliphatic rings. The van der Waals surface area contributed by atoms with Crippen LogP contribution in [0.15, 0.2) is 12.1 Å². The molecule has 1 atom stereocenters. The van der Waals surface area contributed by atoms with Crippen LogP contribution in [-0.4, -0.2) is 61.1 Å². The van der Waals surface area contributed by atoms with Gasteiger partial charge in [-0.3, -0.25) is 9.69 Å². The van der Waals surface area contributed by atoms with Crippen molar-refractivity contribution in [3.63, 3.8) is 0 Å². The van der Waals surface area contributed by atoms with Gasteiger partial charge in [0.15, 0.2) is 6.29 Å². The summed E-state index contributed by atoms with van der Waals surface area (Å²) in [6.07, 6.45) is 0.996. The molecular weight excluding hydrogens is 340 g/mol. The monoisotopic (exact) mass is 364 g/mol. The smallest absolute Gasteiger partial charge is 0.316 e. The predicted octanol–water partition coefficient (Wildman–Crippen LogP) is 0.481. The maximum atomic E-state index is 11.7. The Balaban J connectivity index is 1.60. The van der Waals surface area contributed by atoms with Crippen LogP contribution < -0.4 is 21.1 Å². The highest BCUT2D eigenvalue weighted by atomic mass is 16.6. The average molecular weight is 364 g/mol. The molecule has 0 saturated carbocycles. The van der Waals surface area contributed by atoms with Crippen LogP contribution in [0.5, 0.6) is 5.75 Å². The van der Waals surface area contributed by atoms with E-state index < -0.39 is 12.3 Å². The number of nitrogens with one attached hydrogen (secondary N) is 2. The van der Waals surface area contributed by atoms with Crippen molar-refractivity contribution < 1.29 is 24.2 Å². The Labute approximate surface area is 151 Å². The molecule has 2 aliphatic heterocycles. The van der Waals surface area contributed by atoms with Gasteiger partial charge in [-0.25, -0.2) is 4.79 Å². The van der Waals surface area contributed by atoms with Crippen molar-refractivity contribution in [3.05, 3.63) is 17.7 Å². The molecule has 0 aromatic heterocycles. The summed E-state index contributed by atoms with van der Waals surface area (Å²) >= 11 is 0. The first kappa shape index (κ1) is 18.4. The number of primary amides is 1. The Kier molecular flexibility index (Phi) is 5.92. The number of carbonyl (C=O) groups is 2. The fraction of sp³-hybridized carbons (Fsp3) is 0.529. The maximum Gasteiger partial charge on any atom is 0.316 e. The fourth-order valence-corrected chi connectivity index (χ4v) is 3.19. The average Bonchev–Trinajstić information content (AvgIpc) is 2.60. The molecule has 2 heterocycles. The molecule has 0 aliphatic carbocycles. The van der Waals surface area contributed by atoms with Gasteiger partial charge in [-0.1, -0.05) is 0 Å². The quantitative estimate of drug-likeness (QED) is 0.544. The van der Waals surface area contributed by atoms with Gasteiger partial charge in [-0.2, -0.15) is 0 Å². The van der Waals surface area contributed by atoms with E-state index in [0.717, 1.165) is 25.1 Å². The lowest BCUT2D eigenvalue weighted by Gasteiger charge is -2.30. The highest BCUT2D eigenvalue weighted by Crippen LogP contribution is 2.37. The van der Waals surface area contributed by atoms with Crippen LogP contribution >= 0.6 is 0 Å². The van der Waals surface area contributed by atoms with Crippen molar-refractivity contribution in [3.8, 4) is 5.75 Å². The minimum Gasteiger partial charge on any atom is -0.493 e. The van der Waals surface area contributed by atoms with Gasteiger partial charge in [0.25, 0.3) is 0 Å². The number of hydrogen-bond acceptors (Lipinski definition) is 6. The summed E-state index contributed by atoms with van der Waals surface area (Å²) in [5.74, 6) is 0.588. The van der Waals surface area contributed by atoms with E-state index in [-0.39, 0.29) is 5.91 Å². The molecule has 3 rings (SSSR count). The number of amides is 3. The first-order valence-corrected chi connectivity index (χ1v) is 8.70. The predicted molar refractivity (Wildman–Crippen MR) is 95.1 cm³/mol. The number of morpholine rings is 1. The van der Waals surface area contributed by atoms with Gasteiger partial charge in [0, 0.05) is 31.6 Å². The first-order valence-electron chi connectivity index (χ1n) is 8.70. The lowest BCUT2D eigenvalue weighted by Crippen LogP contribution is -2.42. The number of β-amino-alcohol motifs (C(OH)–C–C–N with tert-alkyl or cyclic N) is 1. The van der Waals surface area contributed by atoms with E-state index >= 15 is 0 Å². The van der Waals surface area contributed by atoms with E-state index in [1.54, 1.807) is 12.1 Å². The van der Waals surface area contributed by atoms with E-state index in [9.17, 15) is 14.7 Å². The second-order valence-corrected chi connectivity index (χ2v) is 6.33. The standard InChI is InChI=1S/C17H24N4O5/c18-17(24)19-12-3-4-13(11-2-5-14(22)20-16(11)12)25-8-1-6-21-7-9-26-15(23)10-21/h3-4,15,23H,1-2,5-10H2,(H,20,22)(H3,18,19,24). The van der Waals surface area contributed by atoms with E-state index in [1.165, 1.54) is 0 Å². The number of aliphatic hydroxyl groups excluding tert-OH is 1. The van der Waals surface area contributed by atoms with Crippen LogP contribution in [0.4, 0.5) is 16.2 Å². The Morgan fingerprint density at radius 3 is 3.08 bits per heavy atom. The van der Waals surface area contributed by atoms with Gasteiger partial charge < -0.3 is 30.9 Å². The Morgan fingerprint density at radius 1 is 1.46 bits per heavy atom. The second-order valence-electron chi connectivity index (χ2n) is 6.33. The third kappa shape index (κ3) is 4.63. The second kappa shape index (κ2) is 8.35. The molecule has 1 fully saturated rings. The number of aliphatic hydroxyl groups is 1. The summed E-state index contributed by atoms with van der Waals surface area (Å²) in [5.41, 5.74) is 7.06. The number of ether oxygens (including phenoxy) is 2. The largest absolute Gasteiger partial charge is 0.493 e. The van der Waals surface area contributed by atoms with Gasteiger partial charge in [0.05, 0.1) is 24.6 Å². The van der Waals surface area contributed by atoms with Crippen LogP contribution in [0.2, 0.25) is 0 Å². The van der Waals surface area contributed by atoms with E-state index in [2.05, 4.69) is 15.5 Å². The fourth-order valence-electron chi connectivity index (χ4n) is 3.19. The van der Waals surface area contributed by atoms with Crippen molar-refractivity contribution >= 4 is 23.3 Å². The van der Waals surface area contributed by atoms with Gasteiger partial charge in [0.2, 0.25) is 5.91 Å². The molecule has 0 spiro atoms. The minimum absolute atomic E-state index is 0.104. The molecule has 1 aromatic carbocycles. The van der Waals surface area contributed by atoms with E-state index in [4.69, 9.17) is 15.2 Å². The molecule has 0 radical (unpaired) electrons. The Morgan fingerprint density at radius 2 is 2.31 bits per heavy atom. The third-order valence-electron chi connectivity index (χ3n) is 4.40. The lowest BCUT2D eigenvalue weighted by atomic mass is 10.0. The molecule has 9 nitrogen and oxygen atoms in total. The molecular formula is C17H24N4O5. The van der Waals surface area contributed by atoms with Crippen molar-refractivity contribution in [1.82, 2.24) is 4.90 Å². The molecule has 26 heavy (non-hydrogen) atoms. The van der Waals surface area contributed by atoms with Crippen molar-refractivity contribution in [1.29, 1.82) is 0 Å². The summed E-state index contributed by atoms with van der Waals surface area (Å²) in [5, 5.41) is 14.8. The number of carbonyl (C=O) groups excluding carboxylic acids is 2. The van der Waals surface area contributed by atoms with Crippen LogP contribution in [0.25, 0.3) is 0 Å². The SMILES string of the molecule is NC(=O)Nc1ccc(OCCCN2CCOC(O)C2)c2c1NC(=O)CC2. The molecule has 3 amide bonds. The van der Waals surface area contributed by atoms with Crippen LogP contribution in [-0.2, 0) is 16.0 Å². The molecule has 1 unspecified atom stereocenters. The number of hydrogen-bond donors (Lipinski definition) is 4. The molecule has 142 valence electrons. The van der Waals surface area contributed by atoms with Gasteiger partial charge in [0.1, 0.15) is 5.75 Å². The van der Waals surface area contributed by atoms with Crippen molar-refractivity contribution in [2.75, 3.05) is 43.5 Å². The van der Waals surface area contributed by atoms with Gasteiger partial charge in [-0.05, 0) is 25.0 Å². The van der Waals surface area contributed by atoms with Crippen LogP contribution in [0.1, 0.15) is 18.4 Å². The molecule has 5 N–H and O–H groups in total. The molecule has 9 heteroatoms. The van der Waals surface area contributed by atoms with Crippen molar-refractivity contribution in [2.45, 2.75) is 25.6 Å². The van der Waals surface area contributed by atoms with E-state index in [1.807, 2.05) is 0 Å². The molecule has 1 saturated heterocycles. The number of fused-ring (bicyclic) bond motifs is 1. The topological polar surface area (TPSA) is 126 Å². The number of urea groups is 1. The Bertz CT molecular complexity index is 681. The highest BCUT2D eigenvalue weighted by molar-refractivity contribution is 6.02. The molecule has 0 bridgehead atoms. The Hall–Kier alpha value is -2.36. The van der Waals surface area contributed by atoms with Crippen LogP contribution in [0, 0.1) is 0 Å². The summed E-state index contributed by atoms with van der Waals surface area (Å²) in [7, 11) is 0. The highest BCUT2D eigenvalue weighted by Gasteiger charge is 2.23. The number of nitrogens with two attached hydrogens (primary N) is 1. The zero-order valence-electron chi connectivity index (χ0n) is 14.5. The summed E-state index contributed by atoms with van der Waals surface area (Å²) < 4.78 is 11.0. The number of nitrogens with zero attached hydrogens (tertiary/aromatic N) is 1. The van der Waals surface area contributed by atoms with Crippen LogP contribution in [0.3, 0.4) is 0 Å². The summed E-state index contributed by atoms with van der Waals surface area (Å²) in [6, 6.07) is 2.76. The normalized spacial score (nSPS) is 20.2. The number of anilines is 2. The van der Waals surface area contributed by atoms with E-state index in [0.29, 0.717) is 49.7 Å². The van der Waals surface area contributed by atoms with Crippen molar-refractivity contribution in [2.24, 2.45) is 5.73 Å². The van der Waals surface area contributed by atoms with Gasteiger partial charge >= 0.3 is 6.03 Å². The summed E-state index contributed by atoms with van der Waals surface area (Å²) in [4.78, 5) is 25.0. The summed E-state index contributed by atoms with van der Waals surface area (Å²) in [6.45, 7) is 3.15. The minimum atomic E-state index is -0.717. The zero-order valence-corrected chi connectivity index (χ0v) is 14.5. The van der Waals surface area contributed by atoms with Gasteiger partial charge in [-0.15, -0.1) is 0 Å². The first-order chi connectivity index (χ1) is 12.5. The maximum absolute atomic E-state index is 11.7. The number of benzene rings is 1. The third-order valence-corrected chi connectivity index (χ3v) is 4.40. The zero-order chi connectivity index (χ0) is 18.5. The number of rotatable bonds is 6. The lowest BCUT2D eigenvalue weighted by molar-refractivity contribution is -0.146. The molecule has 1 aromatic rings.